The largest absolute Gasteiger partial charge is 0.419 e. The van der Waals surface area contributed by atoms with Crippen LogP contribution in [0.1, 0.15) is 16.7 Å². The van der Waals surface area contributed by atoms with E-state index in [9.17, 15) is 13.2 Å². The van der Waals surface area contributed by atoms with Crippen LogP contribution in [0, 0.1) is 0 Å². The molecule has 0 aromatic carbocycles. The molecular formula is C8H9F3N2O. The molecule has 0 bridgehead atoms. The minimum absolute atomic E-state index is 0.419. The Hall–Kier alpha value is -1.04. The molecule has 0 saturated carbocycles. The highest BCUT2D eigenvalue weighted by Crippen LogP contribution is 2.37. The van der Waals surface area contributed by atoms with Crippen LogP contribution < -0.4 is 0 Å². The molecule has 3 nitrogen and oxygen atoms in total. The molecule has 2 heterocycles. The second-order valence-corrected chi connectivity index (χ2v) is 3.09. The zero-order valence-electron chi connectivity index (χ0n) is 10.0. The number of alkyl halides is 3. The highest BCUT2D eigenvalue weighted by atomic mass is 19.4. The topological polar surface area (TPSA) is 27.1 Å². The lowest BCUT2D eigenvalue weighted by atomic mass is 10.1. The van der Waals surface area contributed by atoms with Crippen LogP contribution in [0.2, 0.25) is 0 Å². The Balaban J connectivity index is 2.46. The normalized spacial score (nSPS) is 31.5. The molecule has 0 radical (unpaired) electrons. The van der Waals surface area contributed by atoms with E-state index in [0.29, 0.717) is 5.69 Å². The predicted molar refractivity (Wildman–Crippen MR) is 41.5 cm³/mol. The number of nitrogens with zero attached hydrogens (tertiary/aromatic N) is 2. The van der Waals surface area contributed by atoms with Crippen LogP contribution in [-0.4, -0.2) is 21.6 Å². The molecule has 1 aromatic heterocycles. The summed E-state index contributed by atoms with van der Waals surface area (Å²) in [6, 6.07) is 1.49. The zero-order valence-corrected chi connectivity index (χ0v) is 7.01. The number of rotatable bonds is 0. The van der Waals surface area contributed by atoms with E-state index in [2.05, 4.69) is 9.84 Å². The lowest BCUT2D eigenvalue weighted by Crippen LogP contribution is -2.50. The fourth-order valence-corrected chi connectivity index (χ4v) is 1.25. The van der Waals surface area contributed by atoms with Crippen molar-refractivity contribution in [3.8, 4) is 0 Å². The molecule has 0 saturated heterocycles. The van der Waals surface area contributed by atoms with Gasteiger partial charge in [0, 0.05) is 10.3 Å². The molecule has 2 rings (SSSR count). The molecule has 1 aliphatic rings. The first kappa shape index (κ1) is 6.44. The van der Waals surface area contributed by atoms with Crippen molar-refractivity contribution in [2.75, 3.05) is 0 Å². The summed E-state index contributed by atoms with van der Waals surface area (Å²) in [4.78, 5) is 0. The van der Waals surface area contributed by atoms with Gasteiger partial charge in [0.15, 0.2) is 5.60 Å². The van der Waals surface area contributed by atoms with Gasteiger partial charge in [0.05, 0.1) is 18.8 Å². The first-order chi connectivity index (χ1) is 7.67. The lowest BCUT2D eigenvalue weighted by molar-refractivity contribution is -0.287. The Morgan fingerprint density at radius 1 is 1.71 bits per heavy atom. The Morgan fingerprint density at radius 3 is 3.14 bits per heavy atom. The second-order valence-electron chi connectivity index (χ2n) is 3.09. The van der Waals surface area contributed by atoms with Crippen molar-refractivity contribution < 1.29 is 22.0 Å². The summed E-state index contributed by atoms with van der Waals surface area (Å²) in [5.41, 5.74) is -2.76. The van der Waals surface area contributed by atoms with Crippen LogP contribution in [-0.2, 0) is 17.9 Å². The molecule has 0 N–H and O–H groups in total. The van der Waals surface area contributed by atoms with E-state index in [0.717, 1.165) is 4.68 Å². The number of hydrogen-bond acceptors (Lipinski definition) is 2. The quantitative estimate of drug-likeness (QED) is 0.650. The van der Waals surface area contributed by atoms with E-state index >= 15 is 0 Å². The zero-order chi connectivity index (χ0) is 12.9. The third-order valence-corrected chi connectivity index (χ3v) is 2.10. The van der Waals surface area contributed by atoms with Crippen molar-refractivity contribution in [3.63, 3.8) is 0 Å². The highest BCUT2D eigenvalue weighted by Gasteiger charge is 2.54. The lowest BCUT2D eigenvalue weighted by Gasteiger charge is -2.35. The Morgan fingerprint density at radius 2 is 2.50 bits per heavy atom. The summed E-state index contributed by atoms with van der Waals surface area (Å²) in [6.45, 7) is -4.57. The third kappa shape index (κ3) is 1.30. The standard InChI is InChI=1S/C8H9F3N2O/c1-7(8(9,10)11)5-13-6(4-14-7)2-3-12-13/h2-3H,4-5H2,1H3/i1D3. The fourth-order valence-electron chi connectivity index (χ4n) is 1.25. The van der Waals surface area contributed by atoms with Crippen molar-refractivity contribution >= 4 is 0 Å². The summed E-state index contributed by atoms with van der Waals surface area (Å²) >= 11 is 0. The molecule has 14 heavy (non-hydrogen) atoms. The molecule has 0 amide bonds. The summed E-state index contributed by atoms with van der Waals surface area (Å²) < 4.78 is 65.8. The third-order valence-electron chi connectivity index (χ3n) is 2.10. The van der Waals surface area contributed by atoms with Crippen LogP contribution in [0.5, 0.6) is 0 Å². The van der Waals surface area contributed by atoms with E-state index in [1.807, 2.05) is 0 Å². The van der Waals surface area contributed by atoms with Gasteiger partial charge in [0.1, 0.15) is 0 Å². The molecule has 1 aromatic rings. The molecular weight excluding hydrogens is 197 g/mol. The van der Waals surface area contributed by atoms with Gasteiger partial charge in [-0.25, -0.2) is 0 Å². The monoisotopic (exact) mass is 209 g/mol. The van der Waals surface area contributed by atoms with Crippen LogP contribution in [0.25, 0.3) is 0 Å². The van der Waals surface area contributed by atoms with Crippen LogP contribution >= 0.6 is 0 Å². The number of halogens is 3. The molecule has 0 aliphatic carbocycles. The van der Waals surface area contributed by atoms with Gasteiger partial charge < -0.3 is 4.74 Å². The van der Waals surface area contributed by atoms with E-state index in [1.165, 1.54) is 12.3 Å². The molecule has 0 fully saturated rings. The molecule has 1 atom stereocenters. The number of aromatic nitrogens is 2. The Labute approximate surface area is 82.7 Å². The first-order valence-electron chi connectivity index (χ1n) is 5.39. The van der Waals surface area contributed by atoms with E-state index in [4.69, 9.17) is 4.11 Å². The van der Waals surface area contributed by atoms with Crippen molar-refractivity contribution in [2.45, 2.75) is 31.8 Å². The summed E-state index contributed by atoms with van der Waals surface area (Å²) in [5.74, 6) is 0. The van der Waals surface area contributed by atoms with Gasteiger partial charge >= 0.3 is 6.18 Å². The van der Waals surface area contributed by atoms with Crippen LogP contribution in [0.15, 0.2) is 12.3 Å². The summed E-state index contributed by atoms with van der Waals surface area (Å²) in [6.07, 6.45) is -3.67. The predicted octanol–water partition coefficient (Wildman–Crippen LogP) is 1.73. The molecule has 1 aliphatic heterocycles. The maximum Gasteiger partial charge on any atom is 0.419 e. The fraction of sp³-hybridized carbons (Fsp3) is 0.625. The van der Waals surface area contributed by atoms with Gasteiger partial charge in [-0.15, -0.1) is 0 Å². The van der Waals surface area contributed by atoms with Gasteiger partial charge in [-0.1, -0.05) is 0 Å². The SMILES string of the molecule is [2H]C([2H])([2H])C1(C(F)(F)F)Cn2nccc2CO1. The smallest absolute Gasteiger partial charge is 0.358 e. The Bertz CT molecular complexity index is 412. The van der Waals surface area contributed by atoms with E-state index in [1.54, 1.807) is 0 Å². The average molecular weight is 209 g/mol. The van der Waals surface area contributed by atoms with E-state index < -0.39 is 31.8 Å². The summed E-state index contributed by atoms with van der Waals surface area (Å²) in [7, 11) is 0. The van der Waals surface area contributed by atoms with E-state index in [-0.39, 0.29) is 0 Å². The molecule has 1 unspecified atom stereocenters. The highest BCUT2D eigenvalue weighted by molar-refractivity contribution is 5.04. The van der Waals surface area contributed by atoms with Crippen molar-refractivity contribution in [1.29, 1.82) is 0 Å². The number of hydrogen-bond donors (Lipinski definition) is 0. The second kappa shape index (κ2) is 2.73. The number of fused-ring (bicyclic) bond motifs is 1. The van der Waals surface area contributed by atoms with Gasteiger partial charge in [-0.05, 0) is 12.9 Å². The minimum atomic E-state index is -4.98. The maximum atomic E-state index is 13.0. The maximum absolute atomic E-state index is 13.0. The minimum Gasteiger partial charge on any atom is -0.358 e. The number of ether oxygens (including phenoxy) is 1. The average Bonchev–Trinajstić information content (AvgIpc) is 2.59. The summed E-state index contributed by atoms with van der Waals surface area (Å²) in [5, 5.41) is 3.67. The van der Waals surface area contributed by atoms with Gasteiger partial charge in [-0.2, -0.15) is 18.3 Å². The van der Waals surface area contributed by atoms with Gasteiger partial charge in [0.2, 0.25) is 0 Å². The van der Waals surface area contributed by atoms with Crippen LogP contribution in [0.4, 0.5) is 13.2 Å². The first-order valence-corrected chi connectivity index (χ1v) is 3.89. The molecule has 78 valence electrons. The van der Waals surface area contributed by atoms with Crippen molar-refractivity contribution in [1.82, 2.24) is 9.78 Å². The van der Waals surface area contributed by atoms with Crippen molar-refractivity contribution in [3.05, 3.63) is 18.0 Å². The molecule has 0 spiro atoms. The Kier molecular flexibility index (Phi) is 1.25. The van der Waals surface area contributed by atoms with Crippen LogP contribution in [0.3, 0.4) is 0 Å². The van der Waals surface area contributed by atoms with Gasteiger partial charge in [-0.3, -0.25) is 4.68 Å². The van der Waals surface area contributed by atoms with Crippen molar-refractivity contribution in [2.24, 2.45) is 0 Å². The molecule has 6 heteroatoms. The van der Waals surface area contributed by atoms with Gasteiger partial charge in [0.25, 0.3) is 0 Å².